The van der Waals surface area contributed by atoms with Crippen LogP contribution >= 0.6 is 0 Å². The highest BCUT2D eigenvalue weighted by Gasteiger charge is 2.26. The largest absolute Gasteiger partial charge is 0.463 e. The van der Waals surface area contributed by atoms with Gasteiger partial charge in [0.25, 0.3) is 0 Å². The van der Waals surface area contributed by atoms with E-state index in [9.17, 15) is 5.11 Å². The Hall–Kier alpha value is -2.35. The van der Waals surface area contributed by atoms with Gasteiger partial charge in [-0.3, -0.25) is 0 Å². The minimum Gasteiger partial charge on any atom is -0.463 e. The molecule has 1 unspecified atom stereocenters. The maximum Gasteiger partial charge on any atom is 0.191 e. The fourth-order valence-electron chi connectivity index (χ4n) is 2.34. The van der Waals surface area contributed by atoms with Crippen LogP contribution in [0, 0.1) is 6.92 Å². The van der Waals surface area contributed by atoms with E-state index in [-0.39, 0.29) is 6.54 Å². The highest BCUT2D eigenvalue weighted by molar-refractivity contribution is 5.79. The van der Waals surface area contributed by atoms with Gasteiger partial charge in [0.05, 0.1) is 6.54 Å². The van der Waals surface area contributed by atoms with E-state index < -0.39 is 5.60 Å². The second kappa shape index (κ2) is 9.22. The number of unbranched alkanes of at least 4 members (excludes halogenated alkanes) is 1. The lowest BCUT2D eigenvalue weighted by atomic mass is 10.0. The molecule has 0 amide bonds. The molecule has 0 aliphatic heterocycles. The summed E-state index contributed by atoms with van der Waals surface area (Å²) in [5, 5.41) is 24.6. The minimum absolute atomic E-state index is 0.218. The zero-order chi connectivity index (χ0) is 18.1. The normalized spacial score (nSPS) is 14.3. The standard InChI is InChI=1S/C17H28N6O2/c1-4-18-16(19-9-5-6-10-23-12-21-22-13-23)20-11-17(3,24)15-8-7-14(2)25-15/h7-8,12-13,24H,4-6,9-11H2,1-3H3,(H2,18,19,20). The number of aromatic nitrogens is 3. The van der Waals surface area contributed by atoms with E-state index in [1.54, 1.807) is 25.6 Å². The van der Waals surface area contributed by atoms with Gasteiger partial charge in [0.1, 0.15) is 29.8 Å². The molecule has 8 nitrogen and oxygen atoms in total. The topological polar surface area (TPSA) is 100 Å². The van der Waals surface area contributed by atoms with Gasteiger partial charge < -0.3 is 24.7 Å². The quantitative estimate of drug-likeness (QED) is 0.360. The molecule has 0 radical (unpaired) electrons. The lowest BCUT2D eigenvalue weighted by Gasteiger charge is -2.19. The first-order valence-electron chi connectivity index (χ1n) is 8.65. The summed E-state index contributed by atoms with van der Waals surface area (Å²) in [5.74, 6) is 1.99. The Bertz CT molecular complexity index is 648. The van der Waals surface area contributed by atoms with Gasteiger partial charge in [0, 0.05) is 19.6 Å². The van der Waals surface area contributed by atoms with Gasteiger partial charge in [-0.15, -0.1) is 10.2 Å². The van der Waals surface area contributed by atoms with Crippen molar-refractivity contribution in [2.75, 3.05) is 19.6 Å². The van der Waals surface area contributed by atoms with E-state index in [4.69, 9.17) is 4.42 Å². The summed E-state index contributed by atoms with van der Waals surface area (Å²) in [6.07, 6.45) is 5.46. The Morgan fingerprint density at radius 3 is 2.68 bits per heavy atom. The molecule has 0 fully saturated rings. The Morgan fingerprint density at radius 1 is 1.28 bits per heavy atom. The maximum atomic E-state index is 10.6. The summed E-state index contributed by atoms with van der Waals surface area (Å²) in [7, 11) is 0. The summed E-state index contributed by atoms with van der Waals surface area (Å²) in [6.45, 7) is 8.25. The average Bonchev–Trinajstić information content (AvgIpc) is 3.24. The third-order valence-electron chi connectivity index (χ3n) is 3.76. The molecular formula is C17H28N6O2. The van der Waals surface area contributed by atoms with Crippen molar-refractivity contribution >= 4 is 5.96 Å². The highest BCUT2D eigenvalue weighted by Crippen LogP contribution is 2.22. The Balaban J connectivity index is 1.79. The molecule has 2 aromatic rings. The van der Waals surface area contributed by atoms with E-state index in [1.165, 1.54) is 0 Å². The summed E-state index contributed by atoms with van der Waals surface area (Å²) < 4.78 is 7.48. The molecule has 3 N–H and O–H groups in total. The molecule has 138 valence electrons. The van der Waals surface area contributed by atoms with Crippen LogP contribution in [0.25, 0.3) is 0 Å². The summed E-state index contributed by atoms with van der Waals surface area (Å²) in [6, 6.07) is 3.63. The summed E-state index contributed by atoms with van der Waals surface area (Å²) >= 11 is 0. The van der Waals surface area contributed by atoms with Crippen LogP contribution in [0.2, 0.25) is 0 Å². The third kappa shape index (κ3) is 6.22. The van der Waals surface area contributed by atoms with Crippen LogP contribution < -0.4 is 10.6 Å². The van der Waals surface area contributed by atoms with Crippen molar-refractivity contribution in [1.82, 2.24) is 25.4 Å². The number of aliphatic hydroxyl groups is 1. The van der Waals surface area contributed by atoms with Crippen LogP contribution in [-0.4, -0.2) is 45.5 Å². The predicted molar refractivity (Wildman–Crippen MR) is 96.3 cm³/mol. The van der Waals surface area contributed by atoms with Crippen LogP contribution in [-0.2, 0) is 12.1 Å². The minimum atomic E-state index is -1.13. The monoisotopic (exact) mass is 348 g/mol. The zero-order valence-electron chi connectivity index (χ0n) is 15.2. The molecule has 0 bridgehead atoms. The summed E-state index contributed by atoms with van der Waals surface area (Å²) in [5.41, 5.74) is -1.13. The van der Waals surface area contributed by atoms with Crippen LogP contribution in [0.4, 0.5) is 0 Å². The molecule has 8 heteroatoms. The predicted octanol–water partition coefficient (Wildman–Crippen LogP) is 1.42. The van der Waals surface area contributed by atoms with Crippen LogP contribution in [0.1, 0.15) is 38.2 Å². The van der Waals surface area contributed by atoms with Gasteiger partial charge in [0.15, 0.2) is 5.96 Å². The molecular weight excluding hydrogens is 320 g/mol. The van der Waals surface area contributed by atoms with Crippen molar-refractivity contribution in [2.24, 2.45) is 4.99 Å². The van der Waals surface area contributed by atoms with Crippen LogP contribution in [0.3, 0.4) is 0 Å². The average molecular weight is 348 g/mol. The van der Waals surface area contributed by atoms with Gasteiger partial charge in [-0.25, -0.2) is 4.99 Å². The number of nitrogens with one attached hydrogen (secondary N) is 2. The van der Waals surface area contributed by atoms with Crippen molar-refractivity contribution in [3.05, 3.63) is 36.3 Å². The first-order chi connectivity index (χ1) is 12.0. The second-order valence-corrected chi connectivity index (χ2v) is 6.21. The molecule has 0 aliphatic rings. The summed E-state index contributed by atoms with van der Waals surface area (Å²) in [4.78, 5) is 4.48. The number of aliphatic imine (C=N–C) groups is 1. The molecule has 25 heavy (non-hydrogen) atoms. The van der Waals surface area contributed by atoms with E-state index in [1.807, 2.05) is 24.5 Å². The van der Waals surface area contributed by atoms with E-state index in [2.05, 4.69) is 25.8 Å². The smallest absolute Gasteiger partial charge is 0.191 e. The zero-order valence-corrected chi connectivity index (χ0v) is 15.2. The van der Waals surface area contributed by atoms with Crippen LogP contribution in [0.5, 0.6) is 0 Å². The number of nitrogens with zero attached hydrogens (tertiary/aromatic N) is 4. The molecule has 0 spiro atoms. The fourth-order valence-corrected chi connectivity index (χ4v) is 2.34. The molecule has 2 heterocycles. The second-order valence-electron chi connectivity index (χ2n) is 6.21. The van der Waals surface area contributed by atoms with E-state index >= 15 is 0 Å². The Kier molecular flexibility index (Phi) is 7.00. The van der Waals surface area contributed by atoms with E-state index in [0.29, 0.717) is 11.7 Å². The van der Waals surface area contributed by atoms with Gasteiger partial charge in [-0.1, -0.05) is 0 Å². The maximum absolute atomic E-state index is 10.6. The highest BCUT2D eigenvalue weighted by atomic mass is 16.4. The Morgan fingerprint density at radius 2 is 2.04 bits per heavy atom. The van der Waals surface area contributed by atoms with Gasteiger partial charge in [-0.05, 0) is 45.7 Å². The first kappa shape index (κ1) is 19.0. The number of hydrogen-bond acceptors (Lipinski definition) is 5. The molecule has 0 saturated carbocycles. The number of aryl methyl sites for hydroxylation is 2. The molecule has 2 rings (SSSR count). The number of rotatable bonds is 9. The van der Waals surface area contributed by atoms with Crippen molar-refractivity contribution in [2.45, 2.75) is 45.8 Å². The fraction of sp³-hybridized carbons (Fsp3) is 0.588. The van der Waals surface area contributed by atoms with Gasteiger partial charge >= 0.3 is 0 Å². The number of hydrogen-bond donors (Lipinski definition) is 3. The van der Waals surface area contributed by atoms with Crippen molar-refractivity contribution in [3.63, 3.8) is 0 Å². The third-order valence-corrected chi connectivity index (χ3v) is 3.76. The van der Waals surface area contributed by atoms with Gasteiger partial charge in [0.2, 0.25) is 0 Å². The van der Waals surface area contributed by atoms with Crippen molar-refractivity contribution < 1.29 is 9.52 Å². The van der Waals surface area contributed by atoms with E-state index in [0.717, 1.165) is 38.2 Å². The van der Waals surface area contributed by atoms with Crippen molar-refractivity contribution in [1.29, 1.82) is 0 Å². The van der Waals surface area contributed by atoms with Gasteiger partial charge in [-0.2, -0.15) is 0 Å². The van der Waals surface area contributed by atoms with Crippen LogP contribution in [0.15, 0.2) is 34.2 Å². The number of furan rings is 1. The molecule has 2 aromatic heterocycles. The Labute approximate surface area is 148 Å². The molecule has 1 atom stereocenters. The lowest BCUT2D eigenvalue weighted by molar-refractivity contribution is 0.0428. The first-order valence-corrected chi connectivity index (χ1v) is 8.65. The molecule has 0 saturated heterocycles. The lowest BCUT2D eigenvalue weighted by Crippen LogP contribution is -2.39. The SMILES string of the molecule is CCNC(=NCC(C)(O)c1ccc(C)o1)NCCCCn1cnnc1. The molecule has 0 aliphatic carbocycles. The molecule has 0 aromatic carbocycles. The van der Waals surface area contributed by atoms with Crippen molar-refractivity contribution in [3.8, 4) is 0 Å². The number of guanidine groups is 1.